The van der Waals surface area contributed by atoms with Crippen LogP contribution in [-0.4, -0.2) is 57.2 Å². The summed E-state index contributed by atoms with van der Waals surface area (Å²) in [5, 5.41) is 19.2. The average molecular weight is 525 g/mol. The van der Waals surface area contributed by atoms with Crippen LogP contribution in [-0.2, 0) is 11.8 Å². The van der Waals surface area contributed by atoms with Crippen molar-refractivity contribution in [1.29, 1.82) is 10.7 Å². The first-order chi connectivity index (χ1) is 18.7. The first kappa shape index (κ1) is 26.5. The van der Waals surface area contributed by atoms with Crippen LogP contribution >= 0.6 is 0 Å². The first-order valence-electron chi connectivity index (χ1n) is 13.5. The number of likely N-dealkylation sites (N-methyl/N-ethyl adjacent to an activating group) is 1. The zero-order valence-corrected chi connectivity index (χ0v) is 23.4. The molecule has 1 aromatic heterocycles. The number of allylic oxidation sites excluding steroid dienone is 2. The van der Waals surface area contributed by atoms with E-state index < -0.39 is 0 Å². The van der Waals surface area contributed by atoms with E-state index in [1.54, 1.807) is 4.57 Å². The zero-order valence-electron chi connectivity index (χ0n) is 23.4. The summed E-state index contributed by atoms with van der Waals surface area (Å²) in [6, 6.07) is 12.7. The van der Waals surface area contributed by atoms with Crippen LogP contribution in [0.5, 0.6) is 0 Å². The van der Waals surface area contributed by atoms with Gasteiger partial charge < -0.3 is 29.4 Å². The van der Waals surface area contributed by atoms with Crippen molar-refractivity contribution in [3.05, 3.63) is 63.5 Å². The fourth-order valence-electron chi connectivity index (χ4n) is 5.66. The summed E-state index contributed by atoms with van der Waals surface area (Å²) < 4.78 is 7.34. The maximum Gasteiger partial charge on any atom is 0.253 e. The molecule has 8 heteroatoms. The van der Waals surface area contributed by atoms with E-state index in [2.05, 4.69) is 53.8 Å². The van der Waals surface area contributed by atoms with Gasteiger partial charge in [0.25, 0.3) is 5.56 Å². The van der Waals surface area contributed by atoms with Gasteiger partial charge in [0, 0.05) is 68.7 Å². The van der Waals surface area contributed by atoms with Crippen LogP contribution in [0.1, 0.15) is 30.5 Å². The van der Waals surface area contributed by atoms with Gasteiger partial charge in [-0.05, 0) is 48.7 Å². The summed E-state index contributed by atoms with van der Waals surface area (Å²) in [4.78, 5) is 19.7. The number of ether oxygens (including phenoxy) is 1. The number of aryl methyl sites for hydroxylation is 2. The van der Waals surface area contributed by atoms with Crippen molar-refractivity contribution in [1.82, 2.24) is 4.57 Å². The Morgan fingerprint density at radius 1 is 1.03 bits per heavy atom. The van der Waals surface area contributed by atoms with E-state index in [0.29, 0.717) is 24.3 Å². The molecule has 5 rings (SSSR count). The Labute approximate surface area is 229 Å². The smallest absolute Gasteiger partial charge is 0.253 e. The number of aromatic nitrogens is 1. The van der Waals surface area contributed by atoms with Crippen molar-refractivity contribution in [2.24, 2.45) is 13.0 Å². The Balaban J connectivity index is 1.76. The van der Waals surface area contributed by atoms with Gasteiger partial charge in [-0.2, -0.15) is 5.26 Å². The van der Waals surface area contributed by atoms with Gasteiger partial charge in [-0.3, -0.25) is 4.79 Å². The molecule has 0 bridgehead atoms. The molecule has 3 heterocycles. The largest absolute Gasteiger partial charge is 0.378 e. The van der Waals surface area contributed by atoms with Gasteiger partial charge in [-0.15, -0.1) is 0 Å². The number of pyridine rings is 1. The van der Waals surface area contributed by atoms with Crippen molar-refractivity contribution in [2.75, 3.05) is 61.1 Å². The molecule has 202 valence electrons. The zero-order chi connectivity index (χ0) is 27.8. The van der Waals surface area contributed by atoms with Gasteiger partial charge in [0.05, 0.1) is 47.4 Å². The SMILES string of the molecule is Cc1cc2c(N3CCN(C)c4cc(/C(C=N)=C/C(C)C)c(C#N)cc43)cc(N3CCOCC3)cc2n(C)c1=O. The molecule has 1 saturated heterocycles. The van der Waals surface area contributed by atoms with Gasteiger partial charge in [0.1, 0.15) is 0 Å². The molecule has 8 nitrogen and oxygen atoms in total. The van der Waals surface area contributed by atoms with Crippen LogP contribution in [0.3, 0.4) is 0 Å². The summed E-state index contributed by atoms with van der Waals surface area (Å²) in [6.07, 6.45) is 3.37. The van der Waals surface area contributed by atoms with E-state index in [9.17, 15) is 10.1 Å². The molecule has 2 aliphatic heterocycles. The van der Waals surface area contributed by atoms with Crippen molar-refractivity contribution in [2.45, 2.75) is 20.8 Å². The highest BCUT2D eigenvalue weighted by Crippen LogP contribution is 2.44. The van der Waals surface area contributed by atoms with E-state index in [4.69, 9.17) is 10.1 Å². The number of nitrogens with zero attached hydrogens (tertiary/aromatic N) is 5. The lowest BCUT2D eigenvalue weighted by Crippen LogP contribution is -2.38. The third-order valence-corrected chi connectivity index (χ3v) is 7.73. The van der Waals surface area contributed by atoms with Gasteiger partial charge in [-0.25, -0.2) is 0 Å². The quantitative estimate of drug-likeness (QED) is 0.481. The highest BCUT2D eigenvalue weighted by Gasteiger charge is 2.27. The average Bonchev–Trinajstić information content (AvgIpc) is 2.94. The summed E-state index contributed by atoms with van der Waals surface area (Å²) >= 11 is 0. The van der Waals surface area contributed by atoms with Crippen LogP contribution in [0.2, 0.25) is 0 Å². The molecule has 3 aromatic rings. The Morgan fingerprint density at radius 2 is 1.77 bits per heavy atom. The van der Waals surface area contributed by atoms with Crippen molar-refractivity contribution >= 4 is 45.4 Å². The second kappa shape index (κ2) is 10.6. The molecule has 0 unspecified atom stereocenters. The maximum atomic E-state index is 12.9. The molecule has 1 fully saturated rings. The Morgan fingerprint density at radius 3 is 2.44 bits per heavy atom. The van der Waals surface area contributed by atoms with Crippen molar-refractivity contribution in [3.8, 4) is 6.07 Å². The van der Waals surface area contributed by atoms with Gasteiger partial charge >= 0.3 is 0 Å². The maximum absolute atomic E-state index is 12.9. The molecule has 1 N–H and O–H groups in total. The fourth-order valence-corrected chi connectivity index (χ4v) is 5.66. The number of benzene rings is 2. The molecule has 0 atom stereocenters. The van der Waals surface area contributed by atoms with Gasteiger partial charge in [-0.1, -0.05) is 19.9 Å². The number of nitriles is 1. The summed E-state index contributed by atoms with van der Waals surface area (Å²) in [5.41, 5.74) is 7.69. The van der Waals surface area contributed by atoms with Gasteiger partial charge in [0.15, 0.2) is 0 Å². The second-order valence-corrected chi connectivity index (χ2v) is 10.8. The Kier molecular flexibility index (Phi) is 7.19. The highest BCUT2D eigenvalue weighted by molar-refractivity contribution is 6.10. The predicted octanol–water partition coefficient (Wildman–Crippen LogP) is 4.83. The van der Waals surface area contributed by atoms with Crippen LogP contribution in [0.4, 0.5) is 22.7 Å². The van der Waals surface area contributed by atoms with Crippen molar-refractivity contribution < 1.29 is 4.74 Å². The second-order valence-electron chi connectivity index (χ2n) is 10.8. The summed E-state index contributed by atoms with van der Waals surface area (Å²) in [7, 11) is 3.90. The number of fused-ring (bicyclic) bond motifs is 2. The lowest BCUT2D eigenvalue weighted by molar-refractivity contribution is 0.122. The molecule has 0 spiro atoms. The monoisotopic (exact) mass is 524 g/mol. The molecule has 0 saturated carbocycles. The van der Waals surface area contributed by atoms with Crippen molar-refractivity contribution in [3.63, 3.8) is 0 Å². The fraction of sp³-hybridized carbons (Fsp3) is 0.387. The molecule has 2 aromatic carbocycles. The van der Waals surface area contributed by atoms with Crippen LogP contribution in [0.15, 0.2) is 41.2 Å². The Hall–Kier alpha value is -4.09. The summed E-state index contributed by atoms with van der Waals surface area (Å²) in [5.74, 6) is 0.252. The number of nitrogens with one attached hydrogen (secondary N) is 1. The normalized spacial score (nSPS) is 16.0. The summed E-state index contributed by atoms with van der Waals surface area (Å²) in [6.45, 7) is 10.5. The Bertz CT molecular complexity index is 1570. The van der Waals surface area contributed by atoms with E-state index in [-0.39, 0.29) is 11.5 Å². The molecule has 0 radical (unpaired) electrons. The molecule has 0 amide bonds. The van der Waals surface area contributed by atoms with Crippen LogP contribution < -0.4 is 20.3 Å². The topological polar surface area (TPSA) is 88.6 Å². The highest BCUT2D eigenvalue weighted by atomic mass is 16.5. The third-order valence-electron chi connectivity index (χ3n) is 7.73. The number of hydrogen-bond acceptors (Lipinski definition) is 7. The number of rotatable bonds is 5. The lowest BCUT2D eigenvalue weighted by Gasteiger charge is -2.39. The lowest BCUT2D eigenvalue weighted by atomic mass is 9.95. The van der Waals surface area contributed by atoms with E-state index in [1.165, 1.54) is 6.21 Å². The molecule has 2 aliphatic rings. The molecular weight excluding hydrogens is 488 g/mol. The van der Waals surface area contributed by atoms with E-state index >= 15 is 0 Å². The standard InChI is InChI=1S/C31H36N6O2/c1-20(2)12-22(18-32)25-17-29-30(14-23(25)19-33)37(7-6-34(29)4)28-16-24(36-8-10-39-11-9-36)15-27-26(28)13-21(3)31(38)35(27)5/h12-18,20,32H,6-11H2,1-5H3/b22-12+,32-18?. The van der Waals surface area contributed by atoms with Gasteiger partial charge in [0.2, 0.25) is 0 Å². The molecule has 0 aliphatic carbocycles. The predicted molar refractivity (Wildman–Crippen MR) is 160 cm³/mol. The van der Waals surface area contributed by atoms with E-state index in [0.717, 1.165) is 71.0 Å². The van der Waals surface area contributed by atoms with E-state index in [1.807, 2.05) is 38.2 Å². The third kappa shape index (κ3) is 4.79. The minimum Gasteiger partial charge on any atom is -0.378 e. The number of anilines is 4. The number of hydrogen-bond donors (Lipinski definition) is 1. The minimum atomic E-state index is -0.00104. The minimum absolute atomic E-state index is 0.00104. The first-order valence-corrected chi connectivity index (χ1v) is 13.5. The van der Waals surface area contributed by atoms with Crippen LogP contribution in [0.25, 0.3) is 16.5 Å². The molecular formula is C31H36N6O2. The van der Waals surface area contributed by atoms with Crippen LogP contribution in [0, 0.1) is 29.6 Å². The molecule has 39 heavy (non-hydrogen) atoms. The number of morpholine rings is 1.